The van der Waals surface area contributed by atoms with Gasteiger partial charge in [0.25, 0.3) is 0 Å². The minimum atomic E-state index is 0.646. The van der Waals surface area contributed by atoms with Crippen molar-refractivity contribution in [1.29, 1.82) is 0 Å². The van der Waals surface area contributed by atoms with E-state index in [1.165, 1.54) is 0 Å². The number of nitrogens with zero attached hydrogens (tertiary/aromatic N) is 4. The molecule has 0 unspecified atom stereocenters. The fourth-order valence-electron chi connectivity index (χ4n) is 2.54. The van der Waals surface area contributed by atoms with Gasteiger partial charge in [-0.25, -0.2) is 4.98 Å². The molecule has 0 aromatic carbocycles. The van der Waals surface area contributed by atoms with Gasteiger partial charge in [-0.1, -0.05) is 6.07 Å². The van der Waals surface area contributed by atoms with Gasteiger partial charge in [0.2, 0.25) is 0 Å². The minimum absolute atomic E-state index is 0.646. The summed E-state index contributed by atoms with van der Waals surface area (Å²) in [6.45, 7) is 8.93. The molecule has 3 heterocycles. The number of aromatic nitrogens is 2. The molecular formula is C14H20N4. The molecule has 2 aromatic heterocycles. The Hall–Kier alpha value is -1.55. The summed E-state index contributed by atoms with van der Waals surface area (Å²) in [5, 5.41) is 0. The normalized spacial score (nSPS) is 17.8. The Labute approximate surface area is 108 Å². The topological polar surface area (TPSA) is 23.8 Å². The van der Waals surface area contributed by atoms with Gasteiger partial charge < -0.3 is 9.30 Å². The lowest BCUT2D eigenvalue weighted by Crippen LogP contribution is -2.49. The zero-order valence-corrected chi connectivity index (χ0v) is 11.1. The van der Waals surface area contributed by atoms with E-state index in [-0.39, 0.29) is 0 Å². The van der Waals surface area contributed by atoms with Crippen LogP contribution < -0.4 is 4.90 Å². The highest BCUT2D eigenvalue weighted by molar-refractivity contribution is 5.50. The summed E-state index contributed by atoms with van der Waals surface area (Å²) in [6.07, 6.45) is 4.18. The summed E-state index contributed by atoms with van der Waals surface area (Å²) >= 11 is 0. The molecule has 0 radical (unpaired) electrons. The van der Waals surface area contributed by atoms with E-state index in [4.69, 9.17) is 0 Å². The van der Waals surface area contributed by atoms with E-state index in [0.29, 0.717) is 6.04 Å². The Morgan fingerprint density at radius 2 is 1.89 bits per heavy atom. The largest absolute Gasteiger partial charge is 0.353 e. The zero-order chi connectivity index (χ0) is 12.5. The van der Waals surface area contributed by atoms with Gasteiger partial charge in [-0.15, -0.1) is 0 Å². The van der Waals surface area contributed by atoms with E-state index < -0.39 is 0 Å². The smallest absolute Gasteiger partial charge is 0.147 e. The van der Waals surface area contributed by atoms with E-state index in [1.807, 2.05) is 18.2 Å². The van der Waals surface area contributed by atoms with Crippen molar-refractivity contribution < 1.29 is 0 Å². The van der Waals surface area contributed by atoms with Crippen LogP contribution in [0.4, 0.5) is 5.82 Å². The number of fused-ring (bicyclic) bond motifs is 1. The number of anilines is 1. The lowest BCUT2D eigenvalue weighted by Gasteiger charge is -2.36. The van der Waals surface area contributed by atoms with Crippen molar-refractivity contribution in [2.45, 2.75) is 19.9 Å². The first-order chi connectivity index (χ1) is 8.74. The van der Waals surface area contributed by atoms with Crippen LogP contribution in [-0.4, -0.2) is 46.5 Å². The molecule has 0 N–H and O–H groups in total. The van der Waals surface area contributed by atoms with Gasteiger partial charge in [-0.3, -0.25) is 4.90 Å². The average molecular weight is 244 g/mol. The molecule has 4 nitrogen and oxygen atoms in total. The Morgan fingerprint density at radius 3 is 2.56 bits per heavy atom. The first kappa shape index (κ1) is 11.5. The zero-order valence-electron chi connectivity index (χ0n) is 11.1. The van der Waals surface area contributed by atoms with E-state index >= 15 is 0 Å². The van der Waals surface area contributed by atoms with Crippen LogP contribution in [0.1, 0.15) is 13.8 Å². The predicted octanol–water partition coefficient (Wildman–Crippen LogP) is 1.86. The van der Waals surface area contributed by atoms with Gasteiger partial charge >= 0.3 is 0 Å². The molecule has 2 aromatic rings. The second kappa shape index (κ2) is 4.61. The molecule has 4 heteroatoms. The van der Waals surface area contributed by atoms with Gasteiger partial charge in [0, 0.05) is 38.4 Å². The SMILES string of the molecule is CC(C)N1CCN(c2cn3ccccc3n2)CC1. The van der Waals surface area contributed by atoms with Crippen LogP contribution >= 0.6 is 0 Å². The van der Waals surface area contributed by atoms with Gasteiger partial charge in [0.05, 0.1) is 6.20 Å². The summed E-state index contributed by atoms with van der Waals surface area (Å²) in [6, 6.07) is 6.76. The van der Waals surface area contributed by atoms with Gasteiger partial charge in [0.1, 0.15) is 11.5 Å². The van der Waals surface area contributed by atoms with E-state index in [2.05, 4.69) is 45.4 Å². The van der Waals surface area contributed by atoms with Crippen LogP contribution in [-0.2, 0) is 0 Å². The number of imidazole rings is 1. The molecule has 1 saturated heterocycles. The number of hydrogen-bond acceptors (Lipinski definition) is 3. The summed E-state index contributed by atoms with van der Waals surface area (Å²) in [5.74, 6) is 1.10. The highest BCUT2D eigenvalue weighted by Crippen LogP contribution is 2.17. The van der Waals surface area contributed by atoms with Crippen LogP contribution in [0.2, 0.25) is 0 Å². The monoisotopic (exact) mass is 244 g/mol. The molecule has 1 aliphatic rings. The Bertz CT molecular complexity index is 490. The van der Waals surface area contributed by atoms with Crippen molar-refractivity contribution >= 4 is 11.5 Å². The molecule has 96 valence electrons. The fraction of sp³-hybridized carbons (Fsp3) is 0.500. The Balaban J connectivity index is 1.76. The standard InChI is InChI=1S/C14H20N4/c1-12(2)16-7-9-17(10-8-16)14-11-18-6-4-3-5-13(18)15-14/h3-6,11-12H,7-10H2,1-2H3. The molecule has 0 bridgehead atoms. The maximum Gasteiger partial charge on any atom is 0.147 e. The highest BCUT2D eigenvalue weighted by atomic mass is 15.3. The van der Waals surface area contributed by atoms with Crippen molar-refractivity contribution in [1.82, 2.24) is 14.3 Å². The number of pyridine rings is 1. The van der Waals surface area contributed by atoms with Crippen LogP contribution in [0.5, 0.6) is 0 Å². The number of rotatable bonds is 2. The van der Waals surface area contributed by atoms with Crippen LogP contribution in [0.25, 0.3) is 5.65 Å². The first-order valence-corrected chi connectivity index (χ1v) is 6.67. The minimum Gasteiger partial charge on any atom is -0.353 e. The molecule has 1 fully saturated rings. The fourth-order valence-corrected chi connectivity index (χ4v) is 2.54. The van der Waals surface area contributed by atoms with Crippen LogP contribution in [0, 0.1) is 0 Å². The van der Waals surface area contributed by atoms with Gasteiger partial charge in [-0.2, -0.15) is 0 Å². The van der Waals surface area contributed by atoms with Crippen molar-refractivity contribution in [2.24, 2.45) is 0 Å². The second-order valence-corrected chi connectivity index (χ2v) is 5.18. The third-order valence-corrected chi connectivity index (χ3v) is 3.72. The summed E-state index contributed by atoms with van der Waals surface area (Å²) in [5.41, 5.74) is 1.03. The lowest BCUT2D eigenvalue weighted by molar-refractivity contribution is 0.209. The molecule has 0 saturated carbocycles. The van der Waals surface area contributed by atoms with E-state index in [0.717, 1.165) is 37.6 Å². The highest BCUT2D eigenvalue weighted by Gasteiger charge is 2.20. The molecule has 1 aliphatic heterocycles. The number of hydrogen-bond donors (Lipinski definition) is 0. The molecule has 0 aliphatic carbocycles. The Morgan fingerprint density at radius 1 is 1.11 bits per heavy atom. The molecule has 0 atom stereocenters. The van der Waals surface area contributed by atoms with E-state index in [9.17, 15) is 0 Å². The summed E-state index contributed by atoms with van der Waals surface area (Å²) in [4.78, 5) is 9.58. The van der Waals surface area contributed by atoms with Crippen molar-refractivity contribution in [3.8, 4) is 0 Å². The molecule has 18 heavy (non-hydrogen) atoms. The van der Waals surface area contributed by atoms with Gasteiger partial charge in [-0.05, 0) is 26.0 Å². The van der Waals surface area contributed by atoms with Crippen molar-refractivity contribution in [3.63, 3.8) is 0 Å². The third kappa shape index (κ3) is 2.08. The first-order valence-electron chi connectivity index (χ1n) is 6.67. The van der Waals surface area contributed by atoms with Crippen molar-refractivity contribution in [2.75, 3.05) is 31.1 Å². The lowest BCUT2D eigenvalue weighted by atomic mass is 10.2. The number of piperazine rings is 1. The Kier molecular flexibility index (Phi) is 2.96. The van der Waals surface area contributed by atoms with Crippen LogP contribution in [0.15, 0.2) is 30.6 Å². The van der Waals surface area contributed by atoms with E-state index in [1.54, 1.807) is 0 Å². The second-order valence-electron chi connectivity index (χ2n) is 5.18. The maximum atomic E-state index is 4.68. The summed E-state index contributed by atoms with van der Waals surface area (Å²) < 4.78 is 2.09. The van der Waals surface area contributed by atoms with Crippen LogP contribution in [0.3, 0.4) is 0 Å². The quantitative estimate of drug-likeness (QED) is 0.806. The molecule has 3 rings (SSSR count). The summed E-state index contributed by atoms with van der Waals surface area (Å²) in [7, 11) is 0. The molecule has 0 amide bonds. The maximum absolute atomic E-state index is 4.68. The predicted molar refractivity (Wildman–Crippen MR) is 74.1 cm³/mol. The van der Waals surface area contributed by atoms with Crippen molar-refractivity contribution in [3.05, 3.63) is 30.6 Å². The third-order valence-electron chi connectivity index (χ3n) is 3.72. The van der Waals surface area contributed by atoms with Gasteiger partial charge in [0.15, 0.2) is 0 Å². The average Bonchev–Trinajstić information content (AvgIpc) is 2.82. The molecule has 0 spiro atoms. The molecular weight excluding hydrogens is 224 g/mol.